The molecule has 6 nitrogen and oxygen atoms in total. The summed E-state index contributed by atoms with van der Waals surface area (Å²) in [7, 11) is 0. The molecule has 1 unspecified atom stereocenters. The molecule has 0 radical (unpaired) electrons. The van der Waals surface area contributed by atoms with Gasteiger partial charge in [0.1, 0.15) is 0 Å². The number of carbonyl (C=O) groups excluding carboxylic acids is 1. The first-order valence-electron chi connectivity index (χ1n) is 10.5. The number of nitrogens with zero attached hydrogens (tertiary/aromatic N) is 2. The maximum Gasteiger partial charge on any atom is 0.267 e. The van der Waals surface area contributed by atoms with Crippen LogP contribution in [0.3, 0.4) is 0 Å². The lowest BCUT2D eigenvalue weighted by atomic mass is 9.79. The van der Waals surface area contributed by atoms with E-state index in [0.717, 1.165) is 43.9 Å². The van der Waals surface area contributed by atoms with Crippen molar-refractivity contribution in [1.82, 2.24) is 10.2 Å². The SMILES string of the molecule is CC1(C(=O)NCC2(CN3CCCC3)CCOCC2)CC(c2ccccc2)=NO1. The molecule has 6 heteroatoms. The smallest absolute Gasteiger partial charge is 0.267 e. The molecule has 1 aromatic rings. The van der Waals surface area contributed by atoms with E-state index in [4.69, 9.17) is 9.57 Å². The molecule has 0 bridgehead atoms. The van der Waals surface area contributed by atoms with Crippen LogP contribution < -0.4 is 5.32 Å². The summed E-state index contributed by atoms with van der Waals surface area (Å²) in [6.07, 6.45) is 5.04. The van der Waals surface area contributed by atoms with Crippen LogP contribution in [0.2, 0.25) is 0 Å². The van der Waals surface area contributed by atoms with Gasteiger partial charge in [-0.25, -0.2) is 0 Å². The summed E-state index contributed by atoms with van der Waals surface area (Å²) >= 11 is 0. The van der Waals surface area contributed by atoms with Crippen LogP contribution in [0, 0.1) is 5.41 Å². The van der Waals surface area contributed by atoms with Gasteiger partial charge in [0.15, 0.2) is 0 Å². The number of nitrogens with one attached hydrogen (secondary N) is 1. The van der Waals surface area contributed by atoms with E-state index in [9.17, 15) is 4.79 Å². The van der Waals surface area contributed by atoms with E-state index in [1.165, 1.54) is 25.9 Å². The van der Waals surface area contributed by atoms with Crippen LogP contribution in [0.5, 0.6) is 0 Å². The van der Waals surface area contributed by atoms with Gasteiger partial charge < -0.3 is 19.8 Å². The zero-order valence-electron chi connectivity index (χ0n) is 16.8. The highest BCUT2D eigenvalue weighted by Crippen LogP contribution is 2.33. The lowest BCUT2D eigenvalue weighted by Crippen LogP contribution is -2.52. The summed E-state index contributed by atoms with van der Waals surface area (Å²) in [6, 6.07) is 9.92. The second kappa shape index (κ2) is 8.21. The van der Waals surface area contributed by atoms with Gasteiger partial charge in [0.25, 0.3) is 5.91 Å². The Morgan fingerprint density at radius 1 is 1.18 bits per heavy atom. The van der Waals surface area contributed by atoms with Crippen LogP contribution in [0.4, 0.5) is 0 Å². The minimum atomic E-state index is -0.939. The molecule has 0 aliphatic carbocycles. The molecule has 4 rings (SSSR count). The number of likely N-dealkylation sites (tertiary alicyclic amines) is 1. The van der Waals surface area contributed by atoms with Crippen molar-refractivity contribution in [3.05, 3.63) is 35.9 Å². The van der Waals surface area contributed by atoms with Crippen LogP contribution in [0.25, 0.3) is 0 Å². The van der Waals surface area contributed by atoms with Crippen molar-refractivity contribution >= 4 is 11.6 Å². The molecule has 0 spiro atoms. The number of oxime groups is 1. The van der Waals surface area contributed by atoms with Crippen molar-refractivity contribution in [2.24, 2.45) is 10.6 Å². The molecule has 3 heterocycles. The Hall–Kier alpha value is -1.92. The number of hydrogen-bond donors (Lipinski definition) is 1. The zero-order chi connectivity index (χ0) is 19.5. The first kappa shape index (κ1) is 19.4. The summed E-state index contributed by atoms with van der Waals surface area (Å²) in [5.74, 6) is -0.0746. The van der Waals surface area contributed by atoms with E-state index in [1.807, 2.05) is 37.3 Å². The summed E-state index contributed by atoms with van der Waals surface area (Å²) in [6.45, 7) is 7.44. The van der Waals surface area contributed by atoms with Crippen LogP contribution >= 0.6 is 0 Å². The molecule has 28 heavy (non-hydrogen) atoms. The Morgan fingerprint density at radius 3 is 2.61 bits per heavy atom. The molecule has 152 valence electrons. The molecular weight excluding hydrogens is 354 g/mol. The van der Waals surface area contributed by atoms with Crippen molar-refractivity contribution in [3.63, 3.8) is 0 Å². The van der Waals surface area contributed by atoms with Gasteiger partial charge in [-0.2, -0.15) is 0 Å². The van der Waals surface area contributed by atoms with Crippen LogP contribution in [-0.2, 0) is 14.4 Å². The second-order valence-electron chi connectivity index (χ2n) is 8.68. The third kappa shape index (κ3) is 4.23. The zero-order valence-corrected chi connectivity index (χ0v) is 16.8. The van der Waals surface area contributed by atoms with E-state index in [2.05, 4.69) is 15.4 Å². The third-order valence-corrected chi connectivity index (χ3v) is 6.38. The van der Waals surface area contributed by atoms with Gasteiger partial charge in [-0.05, 0) is 51.3 Å². The van der Waals surface area contributed by atoms with Gasteiger partial charge in [0, 0.05) is 38.1 Å². The monoisotopic (exact) mass is 385 g/mol. The number of ether oxygens (including phenoxy) is 1. The van der Waals surface area contributed by atoms with E-state index in [0.29, 0.717) is 13.0 Å². The minimum absolute atomic E-state index is 0.0746. The molecule has 2 saturated heterocycles. The van der Waals surface area contributed by atoms with Crippen LogP contribution in [0.15, 0.2) is 35.5 Å². The third-order valence-electron chi connectivity index (χ3n) is 6.38. The summed E-state index contributed by atoms with van der Waals surface area (Å²) < 4.78 is 5.60. The van der Waals surface area contributed by atoms with E-state index < -0.39 is 5.60 Å². The summed E-state index contributed by atoms with van der Waals surface area (Å²) in [5, 5.41) is 7.41. The lowest BCUT2D eigenvalue weighted by Gasteiger charge is -2.40. The van der Waals surface area contributed by atoms with E-state index in [-0.39, 0.29) is 11.3 Å². The summed E-state index contributed by atoms with van der Waals surface area (Å²) in [5.41, 5.74) is 0.992. The molecule has 1 amide bonds. The standard InChI is InChI=1S/C22H31N3O3/c1-21(15-19(24-28-21)18-7-3-2-4-8-18)20(26)23-16-22(9-13-27-14-10-22)17-25-11-5-6-12-25/h2-4,7-8H,5-6,9-17H2,1H3,(H,23,26). The molecular formula is C22H31N3O3. The number of hydrogen-bond acceptors (Lipinski definition) is 5. The van der Waals surface area contributed by atoms with E-state index >= 15 is 0 Å². The molecule has 2 fully saturated rings. The highest BCUT2D eigenvalue weighted by atomic mass is 16.7. The highest BCUT2D eigenvalue weighted by Gasteiger charge is 2.44. The quantitative estimate of drug-likeness (QED) is 0.818. The Kier molecular flexibility index (Phi) is 5.69. The Bertz CT molecular complexity index is 709. The molecule has 0 aromatic heterocycles. The minimum Gasteiger partial charge on any atom is -0.381 e. The molecule has 0 saturated carbocycles. The Labute approximate surface area is 167 Å². The predicted octanol–water partition coefficient (Wildman–Crippen LogP) is 2.58. The topological polar surface area (TPSA) is 63.2 Å². The molecule has 3 aliphatic heterocycles. The van der Waals surface area contributed by atoms with Gasteiger partial charge in [0.2, 0.25) is 5.60 Å². The van der Waals surface area contributed by atoms with Crippen molar-refractivity contribution in [1.29, 1.82) is 0 Å². The average Bonchev–Trinajstić information content (AvgIpc) is 3.38. The fourth-order valence-corrected chi connectivity index (χ4v) is 4.51. The largest absolute Gasteiger partial charge is 0.381 e. The molecule has 1 aromatic carbocycles. The molecule has 1 N–H and O–H groups in total. The van der Waals surface area contributed by atoms with Crippen molar-refractivity contribution in [2.75, 3.05) is 39.4 Å². The van der Waals surface area contributed by atoms with E-state index in [1.54, 1.807) is 0 Å². The first-order chi connectivity index (χ1) is 13.6. The van der Waals surface area contributed by atoms with Gasteiger partial charge in [0.05, 0.1) is 5.71 Å². The van der Waals surface area contributed by atoms with Gasteiger partial charge >= 0.3 is 0 Å². The molecule has 1 atom stereocenters. The number of amides is 1. The van der Waals surface area contributed by atoms with Crippen molar-refractivity contribution in [3.8, 4) is 0 Å². The summed E-state index contributed by atoms with van der Waals surface area (Å²) in [4.78, 5) is 21.2. The number of carbonyl (C=O) groups is 1. The molecule has 3 aliphatic rings. The average molecular weight is 386 g/mol. The van der Waals surface area contributed by atoms with Crippen LogP contribution in [0.1, 0.15) is 44.6 Å². The van der Waals surface area contributed by atoms with Crippen molar-refractivity contribution in [2.45, 2.75) is 44.6 Å². The fraction of sp³-hybridized carbons (Fsp3) is 0.636. The Morgan fingerprint density at radius 2 is 1.89 bits per heavy atom. The normalized spacial score (nSPS) is 27.2. The van der Waals surface area contributed by atoms with Crippen LogP contribution in [-0.4, -0.2) is 61.5 Å². The predicted molar refractivity (Wildman–Crippen MR) is 108 cm³/mol. The lowest BCUT2D eigenvalue weighted by molar-refractivity contribution is -0.142. The van der Waals surface area contributed by atoms with Gasteiger partial charge in [-0.3, -0.25) is 4.79 Å². The number of benzene rings is 1. The van der Waals surface area contributed by atoms with Gasteiger partial charge in [-0.15, -0.1) is 0 Å². The fourth-order valence-electron chi connectivity index (χ4n) is 4.51. The maximum atomic E-state index is 13.0. The second-order valence-corrected chi connectivity index (χ2v) is 8.68. The van der Waals surface area contributed by atoms with Crippen molar-refractivity contribution < 1.29 is 14.4 Å². The maximum absolute atomic E-state index is 13.0. The first-order valence-corrected chi connectivity index (χ1v) is 10.5. The Balaban J connectivity index is 1.37. The number of rotatable bonds is 6. The van der Waals surface area contributed by atoms with Gasteiger partial charge in [-0.1, -0.05) is 35.5 Å². The highest BCUT2D eigenvalue weighted by molar-refractivity contribution is 6.05.